The number of nitrogens with zero attached hydrogens (tertiary/aromatic N) is 1. The Hall–Kier alpha value is -2.44. The van der Waals surface area contributed by atoms with Crippen LogP contribution in [0.1, 0.15) is 11.1 Å². The molecule has 3 rings (SSSR count). The Morgan fingerprint density at radius 1 is 0.962 bits per heavy atom. The zero-order chi connectivity index (χ0) is 18.6. The standard InChI is InChI=1S/C20H16BrNO3S/c1-15-7-10-18(11-8-15)22-14-16-13-17(21)9-12-20(16)25-26(23,24)19-5-3-2-4-6-19/h2-14H,1H3. The second-order valence-corrected chi connectivity index (χ2v) is 8.09. The lowest BCUT2D eigenvalue weighted by Gasteiger charge is -2.10. The Bertz CT molecular complexity index is 1030. The average Bonchev–Trinajstić information content (AvgIpc) is 2.64. The third kappa shape index (κ3) is 4.59. The maximum atomic E-state index is 12.5. The van der Waals surface area contributed by atoms with Gasteiger partial charge in [0.05, 0.1) is 5.69 Å². The number of rotatable bonds is 5. The molecule has 132 valence electrons. The lowest BCUT2D eigenvalue weighted by molar-refractivity contribution is 0.485. The molecule has 0 amide bonds. The van der Waals surface area contributed by atoms with Crippen LogP contribution in [0.2, 0.25) is 0 Å². The quantitative estimate of drug-likeness (QED) is 0.409. The van der Waals surface area contributed by atoms with Crippen molar-refractivity contribution in [2.75, 3.05) is 0 Å². The molecule has 0 aliphatic rings. The molecule has 6 heteroatoms. The fourth-order valence-electron chi connectivity index (χ4n) is 2.22. The van der Waals surface area contributed by atoms with E-state index in [1.165, 1.54) is 12.1 Å². The fourth-order valence-corrected chi connectivity index (χ4v) is 3.58. The van der Waals surface area contributed by atoms with Crippen molar-refractivity contribution in [3.05, 3.63) is 88.4 Å². The van der Waals surface area contributed by atoms with Gasteiger partial charge in [-0.2, -0.15) is 8.42 Å². The van der Waals surface area contributed by atoms with Crippen LogP contribution >= 0.6 is 15.9 Å². The first kappa shape index (κ1) is 18.4. The Kier molecular flexibility index (Phi) is 5.54. The molecule has 3 aromatic rings. The van der Waals surface area contributed by atoms with Crippen LogP contribution in [-0.4, -0.2) is 14.6 Å². The van der Waals surface area contributed by atoms with Crippen LogP contribution in [0.3, 0.4) is 0 Å². The molecule has 0 fully saturated rings. The van der Waals surface area contributed by atoms with Gasteiger partial charge in [-0.3, -0.25) is 4.99 Å². The predicted molar refractivity (Wildman–Crippen MR) is 107 cm³/mol. The normalized spacial score (nSPS) is 11.6. The van der Waals surface area contributed by atoms with Gasteiger partial charge in [-0.25, -0.2) is 0 Å². The van der Waals surface area contributed by atoms with Crippen molar-refractivity contribution < 1.29 is 12.6 Å². The second-order valence-electron chi connectivity index (χ2n) is 5.63. The van der Waals surface area contributed by atoms with Gasteiger partial charge in [0.2, 0.25) is 0 Å². The Balaban J connectivity index is 1.92. The van der Waals surface area contributed by atoms with E-state index in [1.807, 2.05) is 31.2 Å². The maximum Gasteiger partial charge on any atom is 0.339 e. The number of hydrogen-bond donors (Lipinski definition) is 0. The lowest BCUT2D eigenvalue weighted by Crippen LogP contribution is -2.10. The highest BCUT2D eigenvalue weighted by Crippen LogP contribution is 2.26. The molecule has 0 atom stereocenters. The molecule has 4 nitrogen and oxygen atoms in total. The van der Waals surface area contributed by atoms with Crippen LogP contribution in [0.15, 0.2) is 87.2 Å². The van der Waals surface area contributed by atoms with Gasteiger partial charge in [0.15, 0.2) is 5.75 Å². The molecule has 0 aliphatic heterocycles. The number of aliphatic imine (C=N–C) groups is 1. The minimum atomic E-state index is -3.91. The van der Waals surface area contributed by atoms with Gasteiger partial charge >= 0.3 is 10.1 Å². The summed E-state index contributed by atoms with van der Waals surface area (Å²) in [5.41, 5.74) is 2.47. The maximum absolute atomic E-state index is 12.5. The van der Waals surface area contributed by atoms with E-state index >= 15 is 0 Å². The molecule has 0 unspecified atom stereocenters. The minimum absolute atomic E-state index is 0.101. The first-order chi connectivity index (χ1) is 12.4. The zero-order valence-corrected chi connectivity index (χ0v) is 16.4. The van der Waals surface area contributed by atoms with Crippen molar-refractivity contribution in [3.8, 4) is 5.75 Å². The summed E-state index contributed by atoms with van der Waals surface area (Å²) in [5, 5.41) is 0. The number of aryl methyl sites for hydroxylation is 1. The van der Waals surface area contributed by atoms with Gasteiger partial charge in [-0.1, -0.05) is 51.8 Å². The van der Waals surface area contributed by atoms with Crippen LogP contribution in [0, 0.1) is 6.92 Å². The Morgan fingerprint density at radius 2 is 1.65 bits per heavy atom. The Labute approximate surface area is 161 Å². The van der Waals surface area contributed by atoms with Gasteiger partial charge in [-0.15, -0.1) is 0 Å². The molecule has 0 N–H and O–H groups in total. The molecule has 0 aromatic heterocycles. The molecule has 0 aliphatic carbocycles. The van der Waals surface area contributed by atoms with E-state index in [2.05, 4.69) is 20.9 Å². The van der Waals surface area contributed by atoms with E-state index in [0.717, 1.165) is 15.7 Å². The van der Waals surface area contributed by atoms with Crippen molar-refractivity contribution >= 4 is 38.0 Å². The fraction of sp³-hybridized carbons (Fsp3) is 0.0500. The molecule has 0 saturated carbocycles. The highest BCUT2D eigenvalue weighted by Gasteiger charge is 2.17. The monoisotopic (exact) mass is 429 g/mol. The molecule has 26 heavy (non-hydrogen) atoms. The molecule has 0 spiro atoms. The van der Waals surface area contributed by atoms with Crippen molar-refractivity contribution in [1.82, 2.24) is 0 Å². The molecular formula is C20H16BrNO3S. The zero-order valence-electron chi connectivity index (χ0n) is 14.0. The largest absolute Gasteiger partial charge is 0.378 e. The first-order valence-corrected chi connectivity index (χ1v) is 10.0. The third-order valence-electron chi connectivity index (χ3n) is 3.59. The van der Waals surface area contributed by atoms with Crippen molar-refractivity contribution in [2.45, 2.75) is 11.8 Å². The molecule has 0 heterocycles. The highest BCUT2D eigenvalue weighted by atomic mass is 79.9. The van der Waals surface area contributed by atoms with Crippen LogP contribution in [0.4, 0.5) is 5.69 Å². The Morgan fingerprint density at radius 3 is 2.35 bits per heavy atom. The third-order valence-corrected chi connectivity index (χ3v) is 5.33. The van der Waals surface area contributed by atoms with Gasteiger partial charge in [0, 0.05) is 16.3 Å². The van der Waals surface area contributed by atoms with Crippen molar-refractivity contribution in [1.29, 1.82) is 0 Å². The van der Waals surface area contributed by atoms with Gasteiger partial charge in [0.25, 0.3) is 0 Å². The summed E-state index contributed by atoms with van der Waals surface area (Å²) in [5.74, 6) is 0.216. The summed E-state index contributed by atoms with van der Waals surface area (Å²) in [6.07, 6.45) is 1.59. The summed E-state index contributed by atoms with van der Waals surface area (Å²) >= 11 is 3.39. The summed E-state index contributed by atoms with van der Waals surface area (Å²) in [4.78, 5) is 4.50. The minimum Gasteiger partial charge on any atom is -0.378 e. The van der Waals surface area contributed by atoms with E-state index in [0.29, 0.717) is 5.56 Å². The summed E-state index contributed by atoms with van der Waals surface area (Å²) in [7, 11) is -3.91. The first-order valence-electron chi connectivity index (χ1n) is 7.84. The van der Waals surface area contributed by atoms with E-state index in [4.69, 9.17) is 4.18 Å². The average molecular weight is 430 g/mol. The molecule has 0 saturated heterocycles. The summed E-state index contributed by atoms with van der Waals surface area (Å²) < 4.78 is 31.1. The van der Waals surface area contributed by atoms with E-state index < -0.39 is 10.1 Å². The topological polar surface area (TPSA) is 55.7 Å². The van der Waals surface area contributed by atoms with Crippen LogP contribution in [0.5, 0.6) is 5.75 Å². The van der Waals surface area contributed by atoms with Crippen LogP contribution < -0.4 is 4.18 Å². The molecule has 0 bridgehead atoms. The second kappa shape index (κ2) is 7.85. The van der Waals surface area contributed by atoms with Crippen LogP contribution in [-0.2, 0) is 10.1 Å². The van der Waals surface area contributed by atoms with Gasteiger partial charge in [0.1, 0.15) is 4.90 Å². The van der Waals surface area contributed by atoms with Gasteiger partial charge in [-0.05, 0) is 49.4 Å². The number of hydrogen-bond acceptors (Lipinski definition) is 4. The molecule has 3 aromatic carbocycles. The smallest absolute Gasteiger partial charge is 0.339 e. The summed E-state index contributed by atoms with van der Waals surface area (Å²) in [6, 6.07) is 20.8. The summed E-state index contributed by atoms with van der Waals surface area (Å²) in [6.45, 7) is 2.00. The van der Waals surface area contributed by atoms with Crippen molar-refractivity contribution in [3.63, 3.8) is 0 Å². The molecular weight excluding hydrogens is 414 g/mol. The van der Waals surface area contributed by atoms with Gasteiger partial charge < -0.3 is 4.18 Å². The van der Waals surface area contributed by atoms with E-state index in [1.54, 1.807) is 42.6 Å². The van der Waals surface area contributed by atoms with E-state index in [-0.39, 0.29) is 10.6 Å². The highest BCUT2D eigenvalue weighted by molar-refractivity contribution is 9.10. The number of halogens is 1. The molecule has 0 radical (unpaired) electrons. The SMILES string of the molecule is Cc1ccc(N=Cc2cc(Br)ccc2OS(=O)(=O)c2ccccc2)cc1. The number of benzene rings is 3. The van der Waals surface area contributed by atoms with Crippen molar-refractivity contribution in [2.24, 2.45) is 4.99 Å². The predicted octanol–water partition coefficient (Wildman–Crippen LogP) is 5.28. The van der Waals surface area contributed by atoms with Crippen LogP contribution in [0.25, 0.3) is 0 Å². The lowest BCUT2D eigenvalue weighted by atomic mass is 10.2. The van der Waals surface area contributed by atoms with E-state index in [9.17, 15) is 8.42 Å².